The molecule has 80 valence electrons. The van der Waals surface area contributed by atoms with Crippen LogP contribution in [0, 0.1) is 0 Å². The predicted octanol–water partition coefficient (Wildman–Crippen LogP) is -0.0684. The van der Waals surface area contributed by atoms with E-state index >= 15 is 0 Å². The SMILES string of the molecule is CC(C)OC(=O)c1ccc(B(O)O)cc1. The van der Waals surface area contributed by atoms with Crippen LogP contribution in [0.4, 0.5) is 0 Å². The molecular weight excluding hydrogens is 195 g/mol. The van der Waals surface area contributed by atoms with Crippen molar-refractivity contribution >= 4 is 18.6 Å². The molecule has 0 amide bonds. The monoisotopic (exact) mass is 208 g/mol. The first-order valence-corrected chi connectivity index (χ1v) is 4.68. The molecule has 0 atom stereocenters. The van der Waals surface area contributed by atoms with E-state index in [4.69, 9.17) is 14.8 Å². The summed E-state index contributed by atoms with van der Waals surface area (Å²) in [5.41, 5.74) is 0.740. The van der Waals surface area contributed by atoms with E-state index in [1.54, 1.807) is 13.8 Å². The highest BCUT2D eigenvalue weighted by molar-refractivity contribution is 6.58. The Labute approximate surface area is 88.6 Å². The molecule has 0 heterocycles. The van der Waals surface area contributed by atoms with Crippen molar-refractivity contribution in [3.05, 3.63) is 29.8 Å². The van der Waals surface area contributed by atoms with Crippen molar-refractivity contribution in [2.75, 3.05) is 0 Å². The average Bonchev–Trinajstić information content (AvgIpc) is 2.17. The van der Waals surface area contributed by atoms with Crippen LogP contribution in [0.25, 0.3) is 0 Å². The zero-order chi connectivity index (χ0) is 11.4. The van der Waals surface area contributed by atoms with Crippen LogP contribution in [0.1, 0.15) is 24.2 Å². The second-order valence-corrected chi connectivity index (χ2v) is 3.45. The summed E-state index contributed by atoms with van der Waals surface area (Å²) in [6.07, 6.45) is -0.166. The maximum atomic E-state index is 11.4. The van der Waals surface area contributed by atoms with E-state index in [0.717, 1.165) is 0 Å². The lowest BCUT2D eigenvalue weighted by Crippen LogP contribution is -2.29. The van der Waals surface area contributed by atoms with Crippen molar-refractivity contribution in [3.63, 3.8) is 0 Å². The van der Waals surface area contributed by atoms with Gasteiger partial charge in [-0.15, -0.1) is 0 Å². The van der Waals surface area contributed by atoms with E-state index in [2.05, 4.69) is 0 Å². The molecule has 1 aromatic carbocycles. The number of esters is 1. The fourth-order valence-electron chi connectivity index (χ4n) is 1.07. The highest BCUT2D eigenvalue weighted by atomic mass is 16.5. The lowest BCUT2D eigenvalue weighted by atomic mass is 9.80. The molecule has 0 radical (unpaired) electrons. The summed E-state index contributed by atoms with van der Waals surface area (Å²) in [6, 6.07) is 5.95. The van der Waals surface area contributed by atoms with E-state index in [-0.39, 0.29) is 6.10 Å². The Hall–Kier alpha value is -1.33. The standard InChI is InChI=1S/C10H13BO4/c1-7(2)15-10(12)8-3-5-9(6-4-8)11(13)14/h3-7,13-14H,1-2H3. The zero-order valence-electron chi connectivity index (χ0n) is 8.68. The molecule has 0 aliphatic rings. The molecule has 0 spiro atoms. The van der Waals surface area contributed by atoms with Crippen molar-refractivity contribution in [3.8, 4) is 0 Å². The molecule has 15 heavy (non-hydrogen) atoms. The zero-order valence-corrected chi connectivity index (χ0v) is 8.68. The minimum absolute atomic E-state index is 0.166. The third-order valence-electron chi connectivity index (χ3n) is 1.79. The van der Waals surface area contributed by atoms with Gasteiger partial charge >= 0.3 is 13.1 Å². The number of rotatable bonds is 3. The number of carbonyl (C=O) groups excluding carboxylic acids is 1. The van der Waals surface area contributed by atoms with Crippen molar-refractivity contribution in [2.24, 2.45) is 0 Å². The van der Waals surface area contributed by atoms with Gasteiger partial charge in [0.15, 0.2) is 0 Å². The molecule has 1 aromatic rings. The second-order valence-electron chi connectivity index (χ2n) is 3.45. The maximum absolute atomic E-state index is 11.4. The minimum atomic E-state index is -1.51. The minimum Gasteiger partial charge on any atom is -0.459 e. The molecule has 0 fully saturated rings. The van der Waals surface area contributed by atoms with Crippen molar-refractivity contribution in [2.45, 2.75) is 20.0 Å². The Kier molecular flexibility index (Phi) is 3.88. The summed E-state index contributed by atoms with van der Waals surface area (Å²) in [5.74, 6) is -0.413. The number of hydrogen-bond acceptors (Lipinski definition) is 4. The molecule has 0 aromatic heterocycles. The summed E-state index contributed by atoms with van der Waals surface area (Å²) in [7, 11) is -1.51. The summed E-state index contributed by atoms with van der Waals surface area (Å²) in [5, 5.41) is 17.7. The van der Waals surface area contributed by atoms with Gasteiger partial charge in [-0.05, 0) is 31.4 Å². The Bertz CT molecular complexity index is 332. The molecule has 0 saturated carbocycles. The molecule has 2 N–H and O–H groups in total. The van der Waals surface area contributed by atoms with Gasteiger partial charge in [0.25, 0.3) is 0 Å². The third kappa shape index (κ3) is 3.38. The number of carbonyl (C=O) groups is 1. The van der Waals surface area contributed by atoms with Crippen molar-refractivity contribution < 1.29 is 19.6 Å². The first kappa shape index (κ1) is 11.7. The van der Waals surface area contributed by atoms with Crippen molar-refractivity contribution in [1.29, 1.82) is 0 Å². The van der Waals surface area contributed by atoms with Gasteiger partial charge in [0.05, 0.1) is 11.7 Å². The van der Waals surface area contributed by atoms with Gasteiger partial charge in [-0.3, -0.25) is 0 Å². The van der Waals surface area contributed by atoms with Crippen LogP contribution in [-0.4, -0.2) is 29.2 Å². The van der Waals surface area contributed by atoms with E-state index in [1.807, 2.05) is 0 Å². The summed E-state index contributed by atoms with van der Waals surface area (Å²) in [4.78, 5) is 11.4. The molecular formula is C10H13BO4. The fourth-order valence-corrected chi connectivity index (χ4v) is 1.07. The van der Waals surface area contributed by atoms with Crippen LogP contribution >= 0.6 is 0 Å². The van der Waals surface area contributed by atoms with Gasteiger partial charge in [-0.1, -0.05) is 12.1 Å². The lowest BCUT2D eigenvalue weighted by Gasteiger charge is -2.08. The Morgan fingerprint density at radius 1 is 1.27 bits per heavy atom. The fraction of sp³-hybridized carbons (Fsp3) is 0.300. The number of ether oxygens (including phenoxy) is 1. The number of benzene rings is 1. The summed E-state index contributed by atoms with van der Waals surface area (Å²) in [6.45, 7) is 3.54. The molecule has 0 aliphatic heterocycles. The molecule has 0 aliphatic carbocycles. The Morgan fingerprint density at radius 3 is 2.20 bits per heavy atom. The van der Waals surface area contributed by atoms with Crippen LogP contribution < -0.4 is 5.46 Å². The van der Waals surface area contributed by atoms with Crippen LogP contribution in [0.3, 0.4) is 0 Å². The summed E-state index contributed by atoms with van der Waals surface area (Å²) < 4.78 is 4.97. The van der Waals surface area contributed by atoms with Crippen molar-refractivity contribution in [1.82, 2.24) is 0 Å². The molecule has 0 unspecified atom stereocenters. The quantitative estimate of drug-likeness (QED) is 0.539. The van der Waals surface area contributed by atoms with Crippen LogP contribution in [0.15, 0.2) is 24.3 Å². The van der Waals surface area contributed by atoms with Gasteiger partial charge < -0.3 is 14.8 Å². The van der Waals surface area contributed by atoms with Gasteiger partial charge in [-0.25, -0.2) is 4.79 Å². The third-order valence-corrected chi connectivity index (χ3v) is 1.79. The van der Waals surface area contributed by atoms with Crippen LogP contribution in [0.5, 0.6) is 0 Å². The predicted molar refractivity (Wildman–Crippen MR) is 56.8 cm³/mol. The highest BCUT2D eigenvalue weighted by Gasteiger charge is 2.13. The summed E-state index contributed by atoms with van der Waals surface area (Å²) >= 11 is 0. The average molecular weight is 208 g/mol. The smallest absolute Gasteiger partial charge is 0.459 e. The Balaban J connectivity index is 2.75. The molecule has 0 saturated heterocycles. The number of hydrogen-bond donors (Lipinski definition) is 2. The maximum Gasteiger partial charge on any atom is 0.488 e. The largest absolute Gasteiger partial charge is 0.488 e. The van der Waals surface area contributed by atoms with Gasteiger partial charge in [0.2, 0.25) is 0 Å². The topological polar surface area (TPSA) is 66.8 Å². The second kappa shape index (κ2) is 4.95. The molecule has 0 bridgehead atoms. The molecule has 4 nitrogen and oxygen atoms in total. The van der Waals surface area contributed by atoms with Crippen LogP contribution in [0.2, 0.25) is 0 Å². The van der Waals surface area contributed by atoms with E-state index in [0.29, 0.717) is 11.0 Å². The van der Waals surface area contributed by atoms with E-state index < -0.39 is 13.1 Å². The highest BCUT2D eigenvalue weighted by Crippen LogP contribution is 2.02. The van der Waals surface area contributed by atoms with Gasteiger partial charge in [0.1, 0.15) is 0 Å². The van der Waals surface area contributed by atoms with Gasteiger partial charge in [-0.2, -0.15) is 0 Å². The lowest BCUT2D eigenvalue weighted by molar-refractivity contribution is 0.0378. The first-order chi connectivity index (χ1) is 7.00. The van der Waals surface area contributed by atoms with Gasteiger partial charge in [0, 0.05) is 0 Å². The molecule has 1 rings (SSSR count). The van der Waals surface area contributed by atoms with Crippen LogP contribution in [-0.2, 0) is 4.74 Å². The normalized spacial score (nSPS) is 10.2. The van der Waals surface area contributed by atoms with E-state index in [1.165, 1.54) is 24.3 Å². The van der Waals surface area contributed by atoms with E-state index in [9.17, 15) is 4.79 Å². The first-order valence-electron chi connectivity index (χ1n) is 4.68. The Morgan fingerprint density at radius 2 is 1.80 bits per heavy atom. The molecule has 5 heteroatoms.